The largest absolute Gasteiger partial charge is 0.219 e. The van der Waals surface area contributed by atoms with E-state index < -0.39 is 9.84 Å². The van der Waals surface area contributed by atoms with Gasteiger partial charge in [-0.25, -0.2) is 8.42 Å². The zero-order chi connectivity index (χ0) is 16.1. The summed E-state index contributed by atoms with van der Waals surface area (Å²) in [6.07, 6.45) is 0. The van der Waals surface area contributed by atoms with Crippen molar-refractivity contribution < 1.29 is 8.42 Å². The summed E-state index contributed by atoms with van der Waals surface area (Å²) in [7, 11) is -3.47. The molecule has 0 fully saturated rings. The van der Waals surface area contributed by atoms with Gasteiger partial charge in [0.05, 0.1) is 9.79 Å². The molecule has 0 aliphatic rings. The summed E-state index contributed by atoms with van der Waals surface area (Å²) in [6, 6.07) is 24.7. The van der Waals surface area contributed by atoms with E-state index in [0.29, 0.717) is 4.90 Å². The van der Waals surface area contributed by atoms with Crippen LogP contribution in [0, 0.1) is 11.8 Å². The Morgan fingerprint density at radius 1 is 0.522 bits per heavy atom. The van der Waals surface area contributed by atoms with Gasteiger partial charge in [-0.2, -0.15) is 0 Å². The highest BCUT2D eigenvalue weighted by Gasteiger charge is 2.16. The van der Waals surface area contributed by atoms with E-state index in [-0.39, 0.29) is 4.90 Å². The van der Waals surface area contributed by atoms with E-state index in [0.717, 1.165) is 11.1 Å². The van der Waals surface area contributed by atoms with E-state index in [9.17, 15) is 8.42 Å². The van der Waals surface area contributed by atoms with Crippen molar-refractivity contribution in [1.82, 2.24) is 0 Å². The molecule has 0 amide bonds. The molecule has 0 bridgehead atoms. The highest BCUT2D eigenvalue weighted by Crippen LogP contribution is 2.20. The first-order valence-electron chi connectivity index (χ1n) is 7.13. The zero-order valence-electron chi connectivity index (χ0n) is 12.3. The average molecular weight is 318 g/mol. The molecule has 0 saturated carbocycles. The lowest BCUT2D eigenvalue weighted by atomic mass is 10.2. The molecule has 3 aromatic rings. The average Bonchev–Trinajstić information content (AvgIpc) is 2.62. The standard InChI is InChI=1S/C20H14O2S/c21-23(22,19-9-5-2-6-10-19)20-15-13-18(14-16-20)12-11-17-7-3-1-4-8-17/h1-10,13-16H. The number of benzene rings is 3. The van der Waals surface area contributed by atoms with Gasteiger partial charge in [0, 0.05) is 11.1 Å². The second kappa shape index (κ2) is 6.51. The van der Waals surface area contributed by atoms with Gasteiger partial charge < -0.3 is 0 Å². The fourth-order valence-electron chi connectivity index (χ4n) is 2.12. The highest BCUT2D eigenvalue weighted by molar-refractivity contribution is 7.91. The Bertz CT molecular complexity index is 947. The molecule has 0 aliphatic carbocycles. The third-order valence-electron chi connectivity index (χ3n) is 3.34. The monoisotopic (exact) mass is 318 g/mol. The minimum atomic E-state index is -3.47. The first kappa shape index (κ1) is 15.1. The van der Waals surface area contributed by atoms with E-state index in [4.69, 9.17) is 0 Å². The topological polar surface area (TPSA) is 34.1 Å². The Morgan fingerprint density at radius 3 is 1.52 bits per heavy atom. The third-order valence-corrected chi connectivity index (χ3v) is 5.13. The van der Waals surface area contributed by atoms with Gasteiger partial charge in [-0.1, -0.05) is 48.2 Å². The van der Waals surface area contributed by atoms with Crippen LogP contribution in [0.3, 0.4) is 0 Å². The maximum Gasteiger partial charge on any atom is 0.206 e. The molecule has 0 spiro atoms. The van der Waals surface area contributed by atoms with Crippen LogP contribution in [0.25, 0.3) is 0 Å². The summed E-state index contributed by atoms with van der Waals surface area (Å²) in [5.74, 6) is 6.09. The van der Waals surface area contributed by atoms with Gasteiger partial charge in [-0.05, 0) is 48.5 Å². The molecule has 0 atom stereocenters. The summed E-state index contributed by atoms with van der Waals surface area (Å²) in [6.45, 7) is 0. The molecular weight excluding hydrogens is 304 g/mol. The molecule has 3 aromatic carbocycles. The lowest BCUT2D eigenvalue weighted by Crippen LogP contribution is -2.01. The molecule has 0 radical (unpaired) electrons. The van der Waals surface area contributed by atoms with Crippen molar-refractivity contribution in [2.75, 3.05) is 0 Å². The van der Waals surface area contributed by atoms with Crippen molar-refractivity contribution in [3.8, 4) is 11.8 Å². The van der Waals surface area contributed by atoms with Gasteiger partial charge in [0.25, 0.3) is 0 Å². The van der Waals surface area contributed by atoms with Crippen LogP contribution in [-0.2, 0) is 9.84 Å². The molecule has 0 saturated heterocycles. The fraction of sp³-hybridized carbons (Fsp3) is 0. The Hall–Kier alpha value is -2.83. The van der Waals surface area contributed by atoms with Crippen molar-refractivity contribution >= 4 is 9.84 Å². The number of hydrogen-bond acceptors (Lipinski definition) is 2. The highest BCUT2D eigenvalue weighted by atomic mass is 32.2. The predicted octanol–water partition coefficient (Wildman–Crippen LogP) is 3.92. The molecule has 3 heteroatoms. The molecule has 3 rings (SSSR count). The van der Waals surface area contributed by atoms with Crippen molar-refractivity contribution in [3.05, 3.63) is 96.1 Å². The van der Waals surface area contributed by atoms with Crippen LogP contribution < -0.4 is 0 Å². The molecule has 0 aromatic heterocycles. The predicted molar refractivity (Wildman–Crippen MR) is 90.8 cm³/mol. The second-order valence-electron chi connectivity index (χ2n) is 4.96. The van der Waals surface area contributed by atoms with Gasteiger partial charge >= 0.3 is 0 Å². The van der Waals surface area contributed by atoms with Crippen molar-refractivity contribution in [2.24, 2.45) is 0 Å². The summed E-state index contributed by atoms with van der Waals surface area (Å²) in [4.78, 5) is 0.567. The van der Waals surface area contributed by atoms with Crippen LogP contribution in [0.2, 0.25) is 0 Å². The van der Waals surface area contributed by atoms with Crippen molar-refractivity contribution in [3.63, 3.8) is 0 Å². The number of rotatable bonds is 2. The third kappa shape index (κ3) is 3.50. The SMILES string of the molecule is O=S(=O)(c1ccccc1)c1ccc(C#Cc2ccccc2)cc1. The van der Waals surface area contributed by atoms with E-state index >= 15 is 0 Å². The maximum absolute atomic E-state index is 12.5. The molecule has 0 aliphatic heterocycles. The van der Waals surface area contributed by atoms with Gasteiger partial charge in [0.1, 0.15) is 0 Å². The molecule has 2 nitrogen and oxygen atoms in total. The summed E-state index contributed by atoms with van der Waals surface area (Å²) in [5.41, 5.74) is 1.70. The van der Waals surface area contributed by atoms with E-state index in [1.54, 1.807) is 54.6 Å². The Morgan fingerprint density at radius 2 is 0.957 bits per heavy atom. The number of hydrogen-bond donors (Lipinski definition) is 0. The molecule has 0 heterocycles. The lowest BCUT2D eigenvalue weighted by Gasteiger charge is -2.04. The van der Waals surface area contributed by atoms with Gasteiger partial charge in [0.15, 0.2) is 0 Å². The first-order chi connectivity index (χ1) is 11.2. The summed E-state index contributed by atoms with van der Waals surface area (Å²) >= 11 is 0. The molecular formula is C20H14O2S. The van der Waals surface area contributed by atoms with Crippen LogP contribution in [0.5, 0.6) is 0 Å². The van der Waals surface area contributed by atoms with Crippen LogP contribution in [0.1, 0.15) is 11.1 Å². The van der Waals surface area contributed by atoms with Gasteiger partial charge in [-0.3, -0.25) is 0 Å². The fourth-order valence-corrected chi connectivity index (χ4v) is 3.40. The summed E-state index contributed by atoms with van der Waals surface area (Å²) < 4.78 is 25.0. The number of sulfone groups is 1. The smallest absolute Gasteiger partial charge is 0.206 e. The lowest BCUT2D eigenvalue weighted by molar-refractivity contribution is 0.596. The second-order valence-corrected chi connectivity index (χ2v) is 6.91. The Kier molecular flexibility index (Phi) is 4.27. The zero-order valence-corrected chi connectivity index (χ0v) is 13.1. The van der Waals surface area contributed by atoms with Crippen LogP contribution >= 0.6 is 0 Å². The maximum atomic E-state index is 12.5. The van der Waals surface area contributed by atoms with E-state index in [1.807, 2.05) is 30.3 Å². The van der Waals surface area contributed by atoms with Gasteiger partial charge in [0.2, 0.25) is 9.84 Å². The summed E-state index contributed by atoms with van der Waals surface area (Å²) in [5, 5.41) is 0. The molecule has 112 valence electrons. The normalized spacial score (nSPS) is 10.6. The van der Waals surface area contributed by atoms with Crippen molar-refractivity contribution in [2.45, 2.75) is 9.79 Å². The van der Waals surface area contributed by atoms with Crippen molar-refractivity contribution in [1.29, 1.82) is 0 Å². The van der Waals surface area contributed by atoms with E-state index in [2.05, 4.69) is 11.8 Å². The Balaban J connectivity index is 1.87. The molecule has 0 unspecified atom stereocenters. The van der Waals surface area contributed by atoms with E-state index in [1.165, 1.54) is 0 Å². The molecule has 0 N–H and O–H groups in total. The van der Waals surface area contributed by atoms with Gasteiger partial charge in [-0.15, -0.1) is 0 Å². The molecule has 23 heavy (non-hydrogen) atoms. The minimum absolute atomic E-state index is 0.272. The minimum Gasteiger partial charge on any atom is -0.219 e. The van der Waals surface area contributed by atoms with Crippen LogP contribution in [0.4, 0.5) is 0 Å². The van der Waals surface area contributed by atoms with Crippen LogP contribution in [0.15, 0.2) is 94.7 Å². The van der Waals surface area contributed by atoms with Crippen LogP contribution in [-0.4, -0.2) is 8.42 Å². The Labute approximate surface area is 136 Å². The quantitative estimate of drug-likeness (QED) is 0.671. The first-order valence-corrected chi connectivity index (χ1v) is 8.62.